The molecule has 44 heavy (non-hydrogen) atoms. The van der Waals surface area contributed by atoms with E-state index in [9.17, 15) is 9.59 Å². The van der Waals surface area contributed by atoms with Gasteiger partial charge in [-0.1, -0.05) is 51.7 Å². The number of aryl methyl sites for hydroxylation is 2. The van der Waals surface area contributed by atoms with Gasteiger partial charge in [0.05, 0.1) is 18.8 Å². The van der Waals surface area contributed by atoms with Crippen LogP contribution in [-0.2, 0) is 14.3 Å². The molecule has 0 aliphatic carbocycles. The average molecular weight is 607 g/mol. The number of allylic oxidation sites excluding steroid dienone is 4. The van der Waals surface area contributed by atoms with Crippen LogP contribution in [-0.4, -0.2) is 73.5 Å². The summed E-state index contributed by atoms with van der Waals surface area (Å²) < 4.78 is 11.5. The third-order valence-electron chi connectivity index (χ3n) is 8.02. The van der Waals surface area contributed by atoms with Crippen LogP contribution >= 0.6 is 0 Å². The van der Waals surface area contributed by atoms with Crippen LogP contribution in [0.5, 0.6) is 0 Å². The number of likely N-dealkylation sites (tertiary alicyclic amines) is 1. The standard InChI is InChI=1S/C34H48N4O4.C2H6/c1-8-10-11-12-24(3)23-42-29-13-17-37(18-14-29)34(40)31-21-26(5)32(22-25(31)4)36-33(39)30(9-2)27(6)38(35-7)28-15-19-41-20-16-28;1-2/h8,10-12,21-22,28-29H,3,7,9,13-20,23H2,1-2,4-6H3,(H,36,39);1-2H3/b10-8-,12-11-,30-27+;. The van der Waals surface area contributed by atoms with E-state index in [0.717, 1.165) is 48.1 Å². The number of carbonyl (C=O) groups excluding carboxylic acids is 2. The first-order valence-electron chi connectivity index (χ1n) is 16.0. The lowest BCUT2D eigenvalue weighted by Gasteiger charge is -2.33. The predicted octanol–water partition coefficient (Wildman–Crippen LogP) is 7.36. The van der Waals surface area contributed by atoms with Crippen molar-refractivity contribution in [3.63, 3.8) is 0 Å². The lowest BCUT2D eigenvalue weighted by atomic mass is 10.00. The molecule has 2 aliphatic rings. The Morgan fingerprint density at radius 3 is 2.36 bits per heavy atom. The summed E-state index contributed by atoms with van der Waals surface area (Å²) in [5, 5.41) is 9.20. The highest BCUT2D eigenvalue weighted by atomic mass is 16.5. The third kappa shape index (κ3) is 10.3. The van der Waals surface area contributed by atoms with Crippen LogP contribution in [0.25, 0.3) is 0 Å². The molecule has 1 N–H and O–H groups in total. The van der Waals surface area contributed by atoms with Crippen molar-refractivity contribution < 1.29 is 19.1 Å². The number of hydrazone groups is 1. The molecule has 0 spiro atoms. The van der Waals surface area contributed by atoms with Gasteiger partial charge >= 0.3 is 0 Å². The van der Waals surface area contributed by atoms with Crippen molar-refractivity contribution in [2.24, 2.45) is 5.10 Å². The number of carbonyl (C=O) groups is 2. The Kier molecular flexibility index (Phi) is 15.9. The molecule has 8 heteroatoms. The van der Waals surface area contributed by atoms with Gasteiger partial charge in [0.2, 0.25) is 0 Å². The van der Waals surface area contributed by atoms with Gasteiger partial charge in [-0.25, -0.2) is 0 Å². The highest BCUT2D eigenvalue weighted by Gasteiger charge is 2.27. The number of amides is 2. The molecule has 2 fully saturated rings. The highest BCUT2D eigenvalue weighted by molar-refractivity contribution is 6.05. The largest absolute Gasteiger partial charge is 0.381 e. The van der Waals surface area contributed by atoms with E-state index in [1.54, 1.807) is 0 Å². The quantitative estimate of drug-likeness (QED) is 0.116. The van der Waals surface area contributed by atoms with E-state index in [1.165, 1.54) is 0 Å². The third-order valence-corrected chi connectivity index (χ3v) is 8.02. The normalized spacial score (nSPS) is 16.8. The maximum Gasteiger partial charge on any atom is 0.254 e. The summed E-state index contributed by atoms with van der Waals surface area (Å²) in [7, 11) is 0. The van der Waals surface area contributed by atoms with Crippen LogP contribution in [0.15, 0.2) is 65.0 Å². The molecule has 0 unspecified atom stereocenters. The summed E-state index contributed by atoms with van der Waals surface area (Å²) in [5.74, 6) is -0.154. The fourth-order valence-corrected chi connectivity index (χ4v) is 5.49. The topological polar surface area (TPSA) is 83.5 Å². The zero-order valence-electron chi connectivity index (χ0n) is 28.1. The van der Waals surface area contributed by atoms with Gasteiger partial charge in [-0.3, -0.25) is 14.6 Å². The number of benzene rings is 1. The van der Waals surface area contributed by atoms with Gasteiger partial charge in [0.1, 0.15) is 0 Å². The van der Waals surface area contributed by atoms with Crippen molar-refractivity contribution in [2.45, 2.75) is 92.7 Å². The van der Waals surface area contributed by atoms with Gasteiger partial charge < -0.3 is 19.7 Å². The van der Waals surface area contributed by atoms with Crippen LogP contribution < -0.4 is 5.32 Å². The zero-order chi connectivity index (χ0) is 32.6. The number of hydrogen-bond donors (Lipinski definition) is 1. The fourth-order valence-electron chi connectivity index (χ4n) is 5.49. The molecule has 2 aliphatic heterocycles. The first kappa shape index (κ1) is 36.7. The Morgan fingerprint density at radius 1 is 1.11 bits per heavy atom. The monoisotopic (exact) mass is 606 g/mol. The number of nitrogens with one attached hydrogen (secondary N) is 1. The van der Waals surface area contributed by atoms with E-state index in [4.69, 9.17) is 9.47 Å². The molecule has 2 saturated heterocycles. The summed E-state index contributed by atoms with van der Waals surface area (Å²) in [6.45, 7) is 24.6. The molecule has 242 valence electrons. The second-order valence-corrected chi connectivity index (χ2v) is 11.0. The fraction of sp³-hybridized carbons (Fsp3) is 0.528. The van der Waals surface area contributed by atoms with Gasteiger partial charge in [0.25, 0.3) is 11.8 Å². The molecule has 2 amide bonds. The first-order valence-corrected chi connectivity index (χ1v) is 16.0. The molecular formula is C36H54N4O4. The molecule has 0 radical (unpaired) electrons. The van der Waals surface area contributed by atoms with Crippen molar-refractivity contribution in [1.82, 2.24) is 9.91 Å². The van der Waals surface area contributed by atoms with Crippen LogP contribution in [0.4, 0.5) is 5.69 Å². The van der Waals surface area contributed by atoms with Crippen molar-refractivity contribution in [3.05, 3.63) is 76.5 Å². The van der Waals surface area contributed by atoms with Gasteiger partial charge in [0.15, 0.2) is 0 Å². The van der Waals surface area contributed by atoms with Crippen molar-refractivity contribution in [3.8, 4) is 0 Å². The lowest BCUT2D eigenvalue weighted by Crippen LogP contribution is -2.41. The molecule has 2 heterocycles. The summed E-state index contributed by atoms with van der Waals surface area (Å²) >= 11 is 0. The average Bonchev–Trinajstić information content (AvgIpc) is 3.04. The molecule has 0 bridgehead atoms. The molecule has 1 aromatic rings. The number of anilines is 1. The molecule has 0 atom stereocenters. The predicted molar refractivity (Wildman–Crippen MR) is 182 cm³/mol. The van der Waals surface area contributed by atoms with E-state index in [2.05, 4.69) is 23.7 Å². The highest BCUT2D eigenvalue weighted by Crippen LogP contribution is 2.27. The zero-order valence-corrected chi connectivity index (χ0v) is 28.1. The number of nitrogens with zero attached hydrogens (tertiary/aromatic N) is 3. The maximum absolute atomic E-state index is 13.5. The smallest absolute Gasteiger partial charge is 0.254 e. The molecule has 3 rings (SSSR count). The second-order valence-electron chi connectivity index (χ2n) is 11.0. The van der Waals surface area contributed by atoms with E-state index >= 15 is 0 Å². The number of hydrogen-bond acceptors (Lipinski definition) is 6. The van der Waals surface area contributed by atoms with Crippen LogP contribution in [0.3, 0.4) is 0 Å². The van der Waals surface area contributed by atoms with Gasteiger partial charge in [-0.05, 0) is 88.6 Å². The van der Waals surface area contributed by atoms with Gasteiger partial charge in [0, 0.05) is 55.5 Å². The summed E-state index contributed by atoms with van der Waals surface area (Å²) in [5.41, 5.74) is 5.43. The molecule has 1 aromatic carbocycles. The summed E-state index contributed by atoms with van der Waals surface area (Å²) in [4.78, 5) is 28.8. The van der Waals surface area contributed by atoms with E-state index in [0.29, 0.717) is 56.2 Å². The lowest BCUT2D eigenvalue weighted by molar-refractivity contribution is -0.113. The minimum Gasteiger partial charge on any atom is -0.381 e. The van der Waals surface area contributed by atoms with Crippen LogP contribution in [0.2, 0.25) is 0 Å². The Bertz CT molecular complexity index is 1220. The first-order chi connectivity index (χ1) is 21.2. The molecular weight excluding hydrogens is 552 g/mol. The number of ether oxygens (including phenoxy) is 2. The Balaban J connectivity index is 0.00000330. The van der Waals surface area contributed by atoms with Gasteiger partial charge in [-0.15, -0.1) is 0 Å². The molecule has 0 saturated carbocycles. The van der Waals surface area contributed by atoms with Crippen molar-refractivity contribution in [1.29, 1.82) is 0 Å². The van der Waals surface area contributed by atoms with E-state index in [-0.39, 0.29) is 24.0 Å². The maximum atomic E-state index is 13.5. The van der Waals surface area contributed by atoms with Gasteiger partial charge in [-0.2, -0.15) is 5.10 Å². The minimum absolute atomic E-state index is 0.0137. The SMILES string of the molecule is C=NN(/C(C)=C(\CC)C(=O)Nc1cc(C)c(C(=O)N2CCC(OCC(=C)/C=C\C=C/C)CC2)cc1C)C1CCOCC1.CC. The van der Waals surface area contributed by atoms with E-state index in [1.807, 2.05) is 94.8 Å². The van der Waals surface area contributed by atoms with E-state index < -0.39 is 0 Å². The van der Waals surface area contributed by atoms with Crippen LogP contribution in [0, 0.1) is 13.8 Å². The molecule has 0 aromatic heterocycles. The Hall–Kier alpha value is -3.49. The minimum atomic E-state index is -0.167. The Morgan fingerprint density at radius 2 is 1.77 bits per heavy atom. The molecule has 8 nitrogen and oxygen atoms in total. The number of rotatable bonds is 12. The number of piperidine rings is 1. The summed E-state index contributed by atoms with van der Waals surface area (Å²) in [6, 6.07) is 3.95. The van der Waals surface area contributed by atoms with Crippen LogP contribution in [0.1, 0.15) is 88.2 Å². The summed E-state index contributed by atoms with van der Waals surface area (Å²) in [6.07, 6.45) is 11.8. The Labute approximate surface area is 265 Å². The van der Waals surface area contributed by atoms with Crippen molar-refractivity contribution in [2.75, 3.05) is 38.2 Å². The second kappa shape index (κ2) is 19.0. The van der Waals surface area contributed by atoms with Crippen molar-refractivity contribution >= 4 is 24.2 Å².